The third-order valence-electron chi connectivity index (χ3n) is 6.14. The van der Waals surface area contributed by atoms with Crippen molar-refractivity contribution in [2.75, 3.05) is 33.8 Å². The third kappa shape index (κ3) is 5.11. The van der Waals surface area contributed by atoms with Crippen molar-refractivity contribution >= 4 is 11.8 Å². The predicted octanol–water partition coefficient (Wildman–Crippen LogP) is 1.81. The number of nitrogens with one attached hydrogen (secondary N) is 1. The van der Waals surface area contributed by atoms with Crippen LogP contribution in [0.5, 0.6) is 0 Å². The standard InChI is InChI=1S/C22H33N3O3/c1-15-5-7-17(8-6-15)11-24(3)14-22(27)25-12-18-9-20(23-16(2)26)21(28-4)10-19(18)13-25/h5-8,18-21H,9-14H2,1-4H3,(H,23,26)/t18-,19+,20-,21-/m1/s1. The average molecular weight is 388 g/mol. The molecule has 0 spiro atoms. The lowest BCUT2D eigenvalue weighted by Crippen LogP contribution is -2.49. The van der Waals surface area contributed by atoms with Gasteiger partial charge in [0, 0.05) is 33.7 Å². The van der Waals surface area contributed by atoms with Crippen LogP contribution in [0.3, 0.4) is 0 Å². The molecule has 1 N–H and O–H groups in total. The first-order valence-corrected chi connectivity index (χ1v) is 10.2. The van der Waals surface area contributed by atoms with Gasteiger partial charge in [-0.1, -0.05) is 29.8 Å². The molecule has 1 saturated heterocycles. The molecule has 6 heteroatoms. The molecule has 0 aromatic heterocycles. The van der Waals surface area contributed by atoms with Gasteiger partial charge in [0.05, 0.1) is 18.7 Å². The van der Waals surface area contributed by atoms with Gasteiger partial charge in [-0.15, -0.1) is 0 Å². The molecule has 154 valence electrons. The second-order valence-electron chi connectivity index (χ2n) is 8.53. The van der Waals surface area contributed by atoms with Gasteiger partial charge in [0.2, 0.25) is 11.8 Å². The molecular formula is C22H33N3O3. The van der Waals surface area contributed by atoms with Crippen LogP contribution < -0.4 is 5.32 Å². The summed E-state index contributed by atoms with van der Waals surface area (Å²) in [5.41, 5.74) is 2.46. The van der Waals surface area contributed by atoms with Crippen LogP contribution in [0.4, 0.5) is 0 Å². The van der Waals surface area contributed by atoms with E-state index in [1.54, 1.807) is 14.0 Å². The number of carbonyl (C=O) groups is 2. The molecule has 2 fully saturated rings. The minimum absolute atomic E-state index is 0.0193. The van der Waals surface area contributed by atoms with E-state index < -0.39 is 0 Å². The Kier molecular flexibility index (Phi) is 6.73. The summed E-state index contributed by atoms with van der Waals surface area (Å²) < 4.78 is 5.62. The van der Waals surface area contributed by atoms with Gasteiger partial charge in [0.15, 0.2) is 0 Å². The van der Waals surface area contributed by atoms with E-state index in [1.807, 2.05) is 11.9 Å². The predicted molar refractivity (Wildman–Crippen MR) is 109 cm³/mol. The SMILES string of the molecule is CO[C@@H]1C[C@H]2CN(C(=O)CN(C)Cc3ccc(C)cc3)C[C@H]2C[C@H]1NC(C)=O. The Morgan fingerprint density at radius 1 is 1.18 bits per heavy atom. The molecule has 3 rings (SSSR count). The highest BCUT2D eigenvalue weighted by atomic mass is 16.5. The molecule has 1 aromatic carbocycles. The van der Waals surface area contributed by atoms with Crippen LogP contribution in [-0.2, 0) is 20.9 Å². The van der Waals surface area contributed by atoms with Crippen LogP contribution in [0, 0.1) is 18.8 Å². The molecule has 1 aliphatic carbocycles. The zero-order valence-corrected chi connectivity index (χ0v) is 17.5. The number of hydrogen-bond acceptors (Lipinski definition) is 4. The highest BCUT2D eigenvalue weighted by Gasteiger charge is 2.43. The Labute approximate surface area is 168 Å². The zero-order valence-electron chi connectivity index (χ0n) is 17.5. The number of aryl methyl sites for hydroxylation is 1. The Morgan fingerprint density at radius 2 is 1.82 bits per heavy atom. The van der Waals surface area contributed by atoms with E-state index >= 15 is 0 Å². The van der Waals surface area contributed by atoms with Gasteiger partial charge in [-0.3, -0.25) is 14.5 Å². The maximum atomic E-state index is 12.8. The van der Waals surface area contributed by atoms with Crippen LogP contribution in [0.1, 0.15) is 30.9 Å². The fraction of sp³-hybridized carbons (Fsp3) is 0.636. The first-order chi connectivity index (χ1) is 13.4. The zero-order chi connectivity index (χ0) is 20.3. The highest BCUT2D eigenvalue weighted by molar-refractivity contribution is 5.78. The molecule has 1 aromatic rings. The van der Waals surface area contributed by atoms with Crippen LogP contribution in [0.15, 0.2) is 24.3 Å². The quantitative estimate of drug-likeness (QED) is 0.809. The molecule has 0 radical (unpaired) electrons. The van der Waals surface area contributed by atoms with Crippen molar-refractivity contribution in [1.82, 2.24) is 15.1 Å². The lowest BCUT2D eigenvalue weighted by atomic mass is 9.77. The summed E-state index contributed by atoms with van der Waals surface area (Å²) in [5.74, 6) is 1.07. The summed E-state index contributed by atoms with van der Waals surface area (Å²) in [5, 5.41) is 3.03. The van der Waals surface area contributed by atoms with Gasteiger partial charge >= 0.3 is 0 Å². The number of nitrogens with zero attached hydrogens (tertiary/aromatic N) is 2. The molecule has 2 aliphatic rings. The van der Waals surface area contributed by atoms with Crippen LogP contribution in [-0.4, -0.2) is 67.6 Å². The molecular weight excluding hydrogens is 354 g/mol. The third-order valence-corrected chi connectivity index (χ3v) is 6.14. The lowest BCUT2D eigenvalue weighted by molar-refractivity contribution is -0.131. The molecule has 6 nitrogen and oxygen atoms in total. The topological polar surface area (TPSA) is 61.9 Å². The van der Waals surface area contributed by atoms with E-state index in [2.05, 4.69) is 41.4 Å². The van der Waals surface area contributed by atoms with Crippen molar-refractivity contribution < 1.29 is 14.3 Å². The van der Waals surface area contributed by atoms with Crippen LogP contribution in [0.25, 0.3) is 0 Å². The Balaban J connectivity index is 1.53. The van der Waals surface area contributed by atoms with Gasteiger partial charge in [-0.25, -0.2) is 0 Å². The highest BCUT2D eigenvalue weighted by Crippen LogP contribution is 2.37. The molecule has 4 atom stereocenters. The van der Waals surface area contributed by atoms with E-state index in [0.29, 0.717) is 18.4 Å². The van der Waals surface area contributed by atoms with Gasteiger partial charge in [0.1, 0.15) is 0 Å². The number of likely N-dealkylation sites (tertiary alicyclic amines) is 1. The number of likely N-dealkylation sites (N-methyl/N-ethyl adjacent to an activating group) is 1. The number of ether oxygens (including phenoxy) is 1. The van der Waals surface area contributed by atoms with Crippen molar-refractivity contribution in [3.63, 3.8) is 0 Å². The lowest BCUT2D eigenvalue weighted by Gasteiger charge is -2.37. The first kappa shape index (κ1) is 20.8. The summed E-state index contributed by atoms with van der Waals surface area (Å²) in [6.07, 6.45) is 1.81. The molecule has 0 bridgehead atoms. The Bertz CT molecular complexity index is 691. The second-order valence-corrected chi connectivity index (χ2v) is 8.53. The summed E-state index contributed by atoms with van der Waals surface area (Å²) in [6, 6.07) is 8.49. The Morgan fingerprint density at radius 3 is 2.43 bits per heavy atom. The Hall–Kier alpha value is -1.92. The van der Waals surface area contributed by atoms with Crippen molar-refractivity contribution in [3.8, 4) is 0 Å². The van der Waals surface area contributed by atoms with Crippen molar-refractivity contribution in [2.24, 2.45) is 11.8 Å². The fourth-order valence-electron chi connectivity index (χ4n) is 4.68. The van der Waals surface area contributed by atoms with E-state index in [4.69, 9.17) is 4.74 Å². The number of amides is 2. The van der Waals surface area contributed by atoms with Gasteiger partial charge in [0.25, 0.3) is 0 Å². The number of carbonyl (C=O) groups excluding carboxylic acids is 2. The number of rotatable bonds is 6. The minimum atomic E-state index is -0.0193. The average Bonchev–Trinajstić information content (AvgIpc) is 3.05. The van der Waals surface area contributed by atoms with Gasteiger partial charge in [-0.2, -0.15) is 0 Å². The van der Waals surface area contributed by atoms with Crippen LogP contribution in [0.2, 0.25) is 0 Å². The molecule has 1 saturated carbocycles. The van der Waals surface area contributed by atoms with Crippen molar-refractivity contribution in [2.45, 2.75) is 45.4 Å². The molecule has 2 amide bonds. The summed E-state index contributed by atoms with van der Waals surface area (Å²) >= 11 is 0. The number of methoxy groups -OCH3 is 1. The molecule has 1 heterocycles. The summed E-state index contributed by atoms with van der Waals surface area (Å²) in [4.78, 5) is 28.4. The van der Waals surface area contributed by atoms with Gasteiger partial charge in [-0.05, 0) is 44.2 Å². The van der Waals surface area contributed by atoms with Crippen molar-refractivity contribution in [3.05, 3.63) is 35.4 Å². The first-order valence-electron chi connectivity index (χ1n) is 10.2. The smallest absolute Gasteiger partial charge is 0.236 e. The van der Waals surface area contributed by atoms with Crippen LogP contribution >= 0.6 is 0 Å². The second kappa shape index (κ2) is 9.05. The monoisotopic (exact) mass is 387 g/mol. The molecule has 28 heavy (non-hydrogen) atoms. The largest absolute Gasteiger partial charge is 0.379 e. The summed E-state index contributed by atoms with van der Waals surface area (Å²) in [7, 11) is 3.70. The van der Waals surface area contributed by atoms with E-state index in [1.165, 1.54) is 11.1 Å². The number of benzene rings is 1. The fourth-order valence-corrected chi connectivity index (χ4v) is 4.68. The maximum absolute atomic E-state index is 12.8. The molecule has 1 aliphatic heterocycles. The van der Waals surface area contributed by atoms with Gasteiger partial charge < -0.3 is 15.0 Å². The summed E-state index contributed by atoms with van der Waals surface area (Å²) in [6.45, 7) is 6.41. The normalized spacial score (nSPS) is 27.0. The number of hydrogen-bond donors (Lipinski definition) is 1. The molecule has 0 unspecified atom stereocenters. The van der Waals surface area contributed by atoms with Crippen molar-refractivity contribution in [1.29, 1.82) is 0 Å². The maximum Gasteiger partial charge on any atom is 0.236 e. The number of fused-ring (bicyclic) bond motifs is 1. The van der Waals surface area contributed by atoms with E-state index in [9.17, 15) is 9.59 Å². The van der Waals surface area contributed by atoms with E-state index in [-0.39, 0.29) is 24.0 Å². The minimum Gasteiger partial charge on any atom is -0.379 e. The van der Waals surface area contributed by atoms with E-state index in [0.717, 1.165) is 32.5 Å².